The number of fused-ring (bicyclic) bond motifs is 2. The molecule has 26 heavy (non-hydrogen) atoms. The van der Waals surface area contributed by atoms with E-state index in [0.717, 1.165) is 29.5 Å². The molecule has 0 aliphatic carbocycles. The zero-order chi connectivity index (χ0) is 17.7. The highest BCUT2D eigenvalue weighted by Crippen LogP contribution is 2.33. The van der Waals surface area contributed by atoms with Gasteiger partial charge in [0.15, 0.2) is 6.17 Å². The zero-order valence-electron chi connectivity index (χ0n) is 14.2. The van der Waals surface area contributed by atoms with Crippen molar-refractivity contribution in [1.29, 1.82) is 0 Å². The normalized spacial score (nSPS) is 18.1. The Morgan fingerprint density at radius 2 is 2.12 bits per heavy atom. The molecule has 0 saturated heterocycles. The second-order valence-electron chi connectivity index (χ2n) is 6.43. The van der Waals surface area contributed by atoms with E-state index >= 15 is 0 Å². The summed E-state index contributed by atoms with van der Waals surface area (Å²) < 4.78 is 1.63. The average molecular weight is 363 g/mol. The van der Waals surface area contributed by atoms with Gasteiger partial charge in [-0.05, 0) is 36.4 Å². The summed E-state index contributed by atoms with van der Waals surface area (Å²) in [6, 6.07) is 13.9. The summed E-state index contributed by atoms with van der Waals surface area (Å²) in [6.07, 6.45) is 0.587. The number of aromatic nitrogens is 2. The molecule has 1 aromatic carbocycles. The van der Waals surface area contributed by atoms with E-state index < -0.39 is 6.17 Å². The van der Waals surface area contributed by atoms with E-state index in [-0.39, 0.29) is 5.56 Å². The van der Waals surface area contributed by atoms with Crippen LogP contribution < -0.4 is 15.8 Å². The first-order valence-electron chi connectivity index (χ1n) is 8.54. The van der Waals surface area contributed by atoms with Crippen LogP contribution in [0.5, 0.6) is 0 Å². The summed E-state index contributed by atoms with van der Waals surface area (Å²) in [5.74, 6) is 1.29. The Labute approximate surface area is 154 Å². The van der Waals surface area contributed by atoms with E-state index in [2.05, 4.69) is 33.4 Å². The maximum atomic E-state index is 12.6. The molecule has 6 nitrogen and oxygen atoms in total. The molecule has 4 heterocycles. The molecule has 1 atom stereocenters. The highest BCUT2D eigenvalue weighted by Gasteiger charge is 2.30. The van der Waals surface area contributed by atoms with Crippen molar-refractivity contribution < 1.29 is 0 Å². The second kappa shape index (κ2) is 5.81. The lowest BCUT2D eigenvalue weighted by Gasteiger charge is -2.30. The van der Waals surface area contributed by atoms with Crippen LogP contribution in [0.3, 0.4) is 0 Å². The number of aryl methyl sites for hydroxylation is 1. The van der Waals surface area contributed by atoms with Gasteiger partial charge in [-0.3, -0.25) is 14.7 Å². The molecule has 2 aliphatic rings. The summed E-state index contributed by atoms with van der Waals surface area (Å²) >= 11 is 1.60. The molecule has 2 aromatic heterocycles. The van der Waals surface area contributed by atoms with E-state index in [4.69, 9.17) is 4.99 Å². The molecule has 0 fully saturated rings. The molecule has 3 aromatic rings. The number of benzene rings is 1. The summed E-state index contributed by atoms with van der Waals surface area (Å²) in [5, 5.41) is 5.29. The molecule has 2 aliphatic heterocycles. The molecule has 0 saturated carbocycles. The van der Waals surface area contributed by atoms with Crippen LogP contribution in [0.25, 0.3) is 0 Å². The Balaban J connectivity index is 1.66. The van der Waals surface area contributed by atoms with Crippen LogP contribution in [0.4, 0.5) is 11.6 Å². The fourth-order valence-corrected chi connectivity index (χ4v) is 4.31. The van der Waals surface area contributed by atoms with Crippen LogP contribution in [0.15, 0.2) is 57.6 Å². The van der Waals surface area contributed by atoms with E-state index in [9.17, 15) is 4.79 Å². The van der Waals surface area contributed by atoms with Crippen LogP contribution >= 0.6 is 11.3 Å². The number of hydrogen-bond donors (Lipinski definition) is 1. The van der Waals surface area contributed by atoms with Crippen molar-refractivity contribution in [2.24, 2.45) is 4.99 Å². The SMILES string of the molecule is Cc1cc(=O)n2c(n1)NC(N1CCc3ccccc31)=N[C@H]2c1cccs1. The Bertz CT molecular complexity index is 1070. The molecule has 0 radical (unpaired) electrons. The molecule has 1 N–H and O–H groups in total. The minimum Gasteiger partial charge on any atom is -0.312 e. The van der Waals surface area contributed by atoms with E-state index in [1.807, 2.05) is 30.5 Å². The monoisotopic (exact) mass is 363 g/mol. The molecular formula is C19H17N5OS. The Kier molecular flexibility index (Phi) is 3.43. The molecule has 0 bridgehead atoms. The lowest BCUT2D eigenvalue weighted by molar-refractivity contribution is 0.583. The van der Waals surface area contributed by atoms with Crippen LogP contribution in [-0.2, 0) is 6.42 Å². The Morgan fingerprint density at radius 3 is 2.96 bits per heavy atom. The van der Waals surface area contributed by atoms with E-state index in [1.54, 1.807) is 22.0 Å². The predicted octanol–water partition coefficient (Wildman–Crippen LogP) is 3.00. The van der Waals surface area contributed by atoms with Gasteiger partial charge in [-0.15, -0.1) is 11.3 Å². The fourth-order valence-electron chi connectivity index (χ4n) is 3.56. The maximum absolute atomic E-state index is 12.6. The van der Waals surface area contributed by atoms with Gasteiger partial charge < -0.3 is 4.90 Å². The largest absolute Gasteiger partial charge is 0.312 e. The van der Waals surface area contributed by atoms with Crippen molar-refractivity contribution in [3.05, 3.63) is 74.3 Å². The average Bonchev–Trinajstić information content (AvgIpc) is 3.30. The predicted molar refractivity (Wildman–Crippen MR) is 104 cm³/mol. The number of nitrogens with one attached hydrogen (secondary N) is 1. The van der Waals surface area contributed by atoms with Gasteiger partial charge in [-0.2, -0.15) is 0 Å². The topological polar surface area (TPSA) is 62.5 Å². The number of hydrogen-bond acceptors (Lipinski definition) is 6. The first kappa shape index (κ1) is 15.3. The van der Waals surface area contributed by atoms with Gasteiger partial charge in [0, 0.05) is 28.9 Å². The van der Waals surface area contributed by atoms with Crippen molar-refractivity contribution in [3.8, 4) is 0 Å². The molecule has 130 valence electrons. The number of para-hydroxylation sites is 1. The van der Waals surface area contributed by atoms with Gasteiger partial charge in [-0.1, -0.05) is 24.3 Å². The summed E-state index contributed by atoms with van der Waals surface area (Å²) in [7, 11) is 0. The Hall–Kier alpha value is -2.93. The van der Waals surface area contributed by atoms with Gasteiger partial charge in [0.2, 0.25) is 11.9 Å². The molecular weight excluding hydrogens is 346 g/mol. The summed E-state index contributed by atoms with van der Waals surface area (Å²) in [4.78, 5) is 25.3. The summed E-state index contributed by atoms with van der Waals surface area (Å²) in [5.41, 5.74) is 3.07. The van der Waals surface area contributed by atoms with Crippen molar-refractivity contribution in [1.82, 2.24) is 9.55 Å². The second-order valence-corrected chi connectivity index (χ2v) is 7.41. The van der Waals surface area contributed by atoms with Crippen molar-refractivity contribution >= 4 is 28.9 Å². The fraction of sp³-hybridized carbons (Fsp3) is 0.211. The van der Waals surface area contributed by atoms with Crippen molar-refractivity contribution in [2.75, 3.05) is 16.8 Å². The third-order valence-electron chi connectivity index (χ3n) is 4.73. The lowest BCUT2D eigenvalue weighted by atomic mass is 10.2. The van der Waals surface area contributed by atoms with Gasteiger partial charge in [0.05, 0.1) is 0 Å². The van der Waals surface area contributed by atoms with Crippen LogP contribution in [0.2, 0.25) is 0 Å². The van der Waals surface area contributed by atoms with Gasteiger partial charge in [-0.25, -0.2) is 9.98 Å². The first-order valence-corrected chi connectivity index (χ1v) is 9.42. The number of aliphatic imine (C=N–C) groups is 1. The highest BCUT2D eigenvalue weighted by atomic mass is 32.1. The molecule has 0 amide bonds. The standard InChI is InChI=1S/C19H17N5OS/c1-12-11-16(25)24-17(15-7-4-10-26-15)21-18(22-19(24)20-12)23-9-8-13-5-2-3-6-14(13)23/h2-7,10-11,17H,8-9H2,1H3,(H,20,21,22)/t17-/m1/s1. The lowest BCUT2D eigenvalue weighted by Crippen LogP contribution is -2.42. The van der Waals surface area contributed by atoms with Crippen LogP contribution in [0.1, 0.15) is 22.3 Å². The first-order chi connectivity index (χ1) is 12.7. The molecule has 5 rings (SSSR count). The molecule has 0 spiro atoms. The van der Waals surface area contributed by atoms with Gasteiger partial charge in [0.1, 0.15) is 0 Å². The smallest absolute Gasteiger partial charge is 0.257 e. The molecule has 7 heteroatoms. The Morgan fingerprint density at radius 1 is 1.23 bits per heavy atom. The summed E-state index contributed by atoms with van der Waals surface area (Å²) in [6.45, 7) is 2.69. The van der Waals surface area contributed by atoms with Crippen molar-refractivity contribution in [2.45, 2.75) is 19.5 Å². The van der Waals surface area contributed by atoms with Crippen LogP contribution in [0, 0.1) is 6.92 Å². The minimum absolute atomic E-state index is 0.0944. The zero-order valence-corrected chi connectivity index (χ0v) is 15.0. The van der Waals surface area contributed by atoms with E-state index in [1.165, 1.54) is 5.56 Å². The van der Waals surface area contributed by atoms with E-state index in [0.29, 0.717) is 11.6 Å². The number of thiophene rings is 1. The minimum atomic E-state index is -0.394. The molecule has 0 unspecified atom stereocenters. The third-order valence-corrected chi connectivity index (χ3v) is 5.65. The number of nitrogens with zero attached hydrogens (tertiary/aromatic N) is 4. The van der Waals surface area contributed by atoms with Crippen LogP contribution in [-0.4, -0.2) is 22.1 Å². The third kappa shape index (κ3) is 2.35. The number of rotatable bonds is 1. The number of anilines is 2. The van der Waals surface area contributed by atoms with Crippen molar-refractivity contribution in [3.63, 3.8) is 0 Å². The highest BCUT2D eigenvalue weighted by molar-refractivity contribution is 7.10. The van der Waals surface area contributed by atoms with Gasteiger partial charge in [0.25, 0.3) is 5.56 Å². The quantitative estimate of drug-likeness (QED) is 0.722. The van der Waals surface area contributed by atoms with Gasteiger partial charge >= 0.3 is 0 Å². The maximum Gasteiger partial charge on any atom is 0.257 e. The number of guanidine groups is 1.